The van der Waals surface area contributed by atoms with Crippen LogP contribution in [-0.2, 0) is 23.8 Å². The van der Waals surface area contributed by atoms with Crippen LogP contribution in [0.5, 0.6) is 0 Å². The zero-order chi connectivity index (χ0) is 35.5. The summed E-state index contributed by atoms with van der Waals surface area (Å²) in [4.78, 5) is 24.0. The molecule has 0 unspecified atom stereocenters. The smallest absolute Gasteiger partial charge is 0.343 e. The molecule has 5 atom stereocenters. The third-order valence-corrected chi connectivity index (χ3v) is 9.75. The van der Waals surface area contributed by atoms with Crippen LogP contribution in [0.3, 0.4) is 0 Å². The van der Waals surface area contributed by atoms with Gasteiger partial charge < -0.3 is 24.4 Å². The van der Waals surface area contributed by atoms with Gasteiger partial charge in [-0.2, -0.15) is 0 Å². The third-order valence-electron chi connectivity index (χ3n) is 9.75. The van der Waals surface area contributed by atoms with Crippen molar-refractivity contribution >= 4 is 11.9 Å². The van der Waals surface area contributed by atoms with Crippen LogP contribution < -0.4 is 0 Å². The molecule has 0 spiro atoms. The normalized spacial score (nSPS) is 34.1. The van der Waals surface area contributed by atoms with Gasteiger partial charge >= 0.3 is 11.9 Å². The van der Waals surface area contributed by atoms with E-state index < -0.39 is 22.8 Å². The number of hydrogen-bond donors (Lipinski definition) is 2. The predicted octanol–water partition coefficient (Wildman–Crippen LogP) is 7.76. The average molecular weight is 657 g/mol. The van der Waals surface area contributed by atoms with Crippen LogP contribution in [0.1, 0.15) is 88.0 Å². The van der Waals surface area contributed by atoms with Crippen molar-refractivity contribution in [3.05, 3.63) is 113 Å². The van der Waals surface area contributed by atoms with Gasteiger partial charge in [0.25, 0.3) is 0 Å². The van der Waals surface area contributed by atoms with E-state index in [1.807, 2.05) is 101 Å². The Balaban J connectivity index is 1.31. The molecule has 4 rings (SSSR count). The number of fused-ring (bicyclic) bond motifs is 1. The molecule has 7 heteroatoms. The van der Waals surface area contributed by atoms with Gasteiger partial charge in [-0.05, 0) is 87.5 Å². The Morgan fingerprint density at radius 3 is 2.15 bits per heavy atom. The van der Waals surface area contributed by atoms with Gasteiger partial charge in [-0.3, -0.25) is 4.79 Å². The standard InChI is InChI=1S/C41H52O7/c1-28(18-19-35-37(4,5)26-34(46-30(3)42)27-39(35,8)45)16-14-12-10-11-13-15-17-29(2)22-33-23-31(36(44)47-33)20-21-41-38(6,7)24-32(43)25-40(41,9)48-41/h10-18,20-23,32,34,43,45H,24-27H2,1-9H3/b11-10+,14-12+,15-13+,21-20+,28-16+,29-17+,33-22-/t19?,32-,34-,39+,40+,41-/m0/s1. The van der Waals surface area contributed by atoms with E-state index in [-0.39, 0.29) is 29.0 Å². The van der Waals surface area contributed by atoms with Crippen LogP contribution in [0, 0.1) is 10.8 Å². The molecule has 0 aromatic carbocycles. The summed E-state index contributed by atoms with van der Waals surface area (Å²) in [5, 5.41) is 21.4. The Labute approximate surface area is 286 Å². The number of cyclic esters (lactones) is 1. The topological polar surface area (TPSA) is 106 Å². The Hall–Kier alpha value is -3.74. The van der Waals surface area contributed by atoms with Gasteiger partial charge in [0.05, 0.1) is 17.3 Å². The molecule has 2 N–H and O–H groups in total. The maximum Gasteiger partial charge on any atom is 0.343 e. The van der Waals surface area contributed by atoms with Gasteiger partial charge in [0.15, 0.2) is 0 Å². The number of hydrogen-bond acceptors (Lipinski definition) is 7. The number of epoxide rings is 1. The molecule has 4 aliphatic rings. The maximum absolute atomic E-state index is 12.5. The lowest BCUT2D eigenvalue weighted by molar-refractivity contribution is -0.152. The highest BCUT2D eigenvalue weighted by Crippen LogP contribution is 2.66. The second-order valence-electron chi connectivity index (χ2n) is 15.3. The van der Waals surface area contributed by atoms with Crippen LogP contribution in [0.2, 0.25) is 0 Å². The van der Waals surface area contributed by atoms with Crippen molar-refractivity contribution in [2.45, 2.75) is 117 Å². The first kappa shape index (κ1) is 37.1. The molecule has 2 aliphatic heterocycles. The molecule has 0 amide bonds. The van der Waals surface area contributed by atoms with Crippen molar-refractivity contribution in [1.29, 1.82) is 0 Å². The number of aliphatic hydroxyl groups is 2. The Kier molecular flexibility index (Phi) is 10.8. The van der Waals surface area contributed by atoms with Crippen LogP contribution in [0.4, 0.5) is 0 Å². The lowest BCUT2D eigenvalue weighted by Crippen LogP contribution is -2.46. The minimum Gasteiger partial charge on any atom is -0.462 e. The van der Waals surface area contributed by atoms with Crippen molar-refractivity contribution in [2.24, 2.45) is 10.8 Å². The molecule has 0 bridgehead atoms. The van der Waals surface area contributed by atoms with Crippen molar-refractivity contribution in [3.8, 4) is 0 Å². The lowest BCUT2D eigenvalue weighted by Gasteiger charge is -2.44. The molecule has 1 saturated heterocycles. The van der Waals surface area contributed by atoms with E-state index >= 15 is 0 Å². The van der Waals surface area contributed by atoms with Gasteiger partial charge in [0, 0.05) is 30.8 Å². The zero-order valence-electron chi connectivity index (χ0n) is 29.9. The first-order valence-electron chi connectivity index (χ1n) is 16.7. The molecule has 0 radical (unpaired) electrons. The van der Waals surface area contributed by atoms with Gasteiger partial charge in [0.1, 0.15) is 23.1 Å². The van der Waals surface area contributed by atoms with Gasteiger partial charge in [0.2, 0.25) is 0 Å². The van der Waals surface area contributed by atoms with Gasteiger partial charge in [-0.1, -0.05) is 76.3 Å². The fraction of sp³-hybridized carbons (Fsp3) is 0.488. The van der Waals surface area contributed by atoms with Crippen molar-refractivity contribution in [3.63, 3.8) is 0 Å². The lowest BCUT2D eigenvalue weighted by atomic mass is 9.63. The van der Waals surface area contributed by atoms with Gasteiger partial charge in [-0.25, -0.2) is 4.79 Å². The fourth-order valence-corrected chi connectivity index (χ4v) is 7.74. The molecule has 2 aliphatic carbocycles. The molecular weight excluding hydrogens is 604 g/mol. The molecule has 3 fully saturated rings. The quantitative estimate of drug-likeness (QED) is 0.113. The fourth-order valence-electron chi connectivity index (χ4n) is 7.74. The largest absolute Gasteiger partial charge is 0.462 e. The molecule has 2 saturated carbocycles. The van der Waals surface area contributed by atoms with Crippen molar-refractivity contribution < 1.29 is 34.0 Å². The zero-order valence-corrected chi connectivity index (χ0v) is 29.9. The maximum atomic E-state index is 12.5. The third kappa shape index (κ3) is 8.45. The average Bonchev–Trinajstić information content (AvgIpc) is 3.40. The van der Waals surface area contributed by atoms with Gasteiger partial charge in [-0.15, -0.1) is 5.73 Å². The summed E-state index contributed by atoms with van der Waals surface area (Å²) in [7, 11) is 0. The molecule has 48 heavy (non-hydrogen) atoms. The summed E-state index contributed by atoms with van der Waals surface area (Å²) in [5.74, 6) is -0.232. The molecule has 258 valence electrons. The molecular formula is C41H52O7. The molecule has 7 nitrogen and oxygen atoms in total. The van der Waals surface area contributed by atoms with E-state index in [1.54, 1.807) is 19.1 Å². The second-order valence-corrected chi connectivity index (χ2v) is 15.3. The summed E-state index contributed by atoms with van der Waals surface area (Å²) in [6.45, 7) is 17.4. The first-order valence-corrected chi connectivity index (χ1v) is 16.7. The summed E-state index contributed by atoms with van der Waals surface area (Å²) in [6, 6.07) is 0. The van der Waals surface area contributed by atoms with E-state index in [9.17, 15) is 19.8 Å². The van der Waals surface area contributed by atoms with Crippen LogP contribution in [0.25, 0.3) is 0 Å². The van der Waals surface area contributed by atoms with Crippen LogP contribution in [0.15, 0.2) is 113 Å². The molecule has 2 heterocycles. The van der Waals surface area contributed by atoms with E-state index in [0.29, 0.717) is 37.0 Å². The Morgan fingerprint density at radius 2 is 1.54 bits per heavy atom. The molecule has 0 aromatic rings. The number of carbonyl (C=O) groups is 2. The minimum absolute atomic E-state index is 0.255. The SMILES string of the molecule is CC(=O)O[C@H]1CC(C)(C)C(=C=C/C(C)=C/C=C/C=C/C=C/C=C(C)/C=C2C=C(/C=C/[C@@]34O[C@]3(C)C[C@@H](O)CC4(C)C)C(=O)O/2)[C@](C)(O)C1. The summed E-state index contributed by atoms with van der Waals surface area (Å²) in [5.41, 5.74) is 3.86. The summed E-state index contributed by atoms with van der Waals surface area (Å²) in [6.07, 6.45) is 26.2. The Bertz CT molecular complexity index is 1590. The second kappa shape index (κ2) is 14.0. The summed E-state index contributed by atoms with van der Waals surface area (Å²) < 4.78 is 17.1. The van der Waals surface area contributed by atoms with Crippen LogP contribution >= 0.6 is 0 Å². The predicted molar refractivity (Wildman–Crippen MR) is 188 cm³/mol. The molecule has 0 aromatic heterocycles. The Morgan fingerprint density at radius 1 is 0.917 bits per heavy atom. The summed E-state index contributed by atoms with van der Waals surface area (Å²) >= 11 is 0. The highest BCUT2D eigenvalue weighted by Gasteiger charge is 2.74. The van der Waals surface area contributed by atoms with E-state index in [0.717, 1.165) is 16.7 Å². The van der Waals surface area contributed by atoms with E-state index in [2.05, 4.69) is 19.6 Å². The first-order chi connectivity index (χ1) is 22.3. The monoisotopic (exact) mass is 656 g/mol. The number of rotatable bonds is 9. The number of esters is 2. The number of carbonyl (C=O) groups excluding carboxylic acids is 2. The minimum atomic E-state index is -1.11. The van der Waals surface area contributed by atoms with Crippen LogP contribution in [-0.4, -0.2) is 51.2 Å². The van der Waals surface area contributed by atoms with Crippen molar-refractivity contribution in [2.75, 3.05) is 0 Å². The van der Waals surface area contributed by atoms with E-state index in [4.69, 9.17) is 14.2 Å². The number of aliphatic hydroxyl groups excluding tert-OH is 1. The number of ether oxygens (including phenoxy) is 3. The van der Waals surface area contributed by atoms with Crippen molar-refractivity contribution in [1.82, 2.24) is 0 Å². The number of allylic oxidation sites excluding steroid dienone is 12. The van der Waals surface area contributed by atoms with E-state index in [1.165, 1.54) is 6.92 Å². The highest BCUT2D eigenvalue weighted by molar-refractivity contribution is 5.95. The highest BCUT2D eigenvalue weighted by atomic mass is 16.6.